The largest absolute Gasteiger partial charge is 0.469 e. The number of H-pyrrole nitrogens is 1. The zero-order valence-corrected chi connectivity index (χ0v) is 16.4. The van der Waals surface area contributed by atoms with E-state index in [1.165, 1.54) is 24.3 Å². The summed E-state index contributed by atoms with van der Waals surface area (Å²) < 4.78 is 35.5. The molecule has 1 aromatic carbocycles. The van der Waals surface area contributed by atoms with Gasteiger partial charge < -0.3 is 19.6 Å². The van der Waals surface area contributed by atoms with E-state index in [0.717, 1.165) is 6.20 Å². The van der Waals surface area contributed by atoms with Gasteiger partial charge in [-0.3, -0.25) is 29.0 Å². The number of nitrogens with zero attached hydrogens (tertiary/aromatic N) is 2. The normalized spacial score (nSPS) is 23.7. The van der Waals surface area contributed by atoms with Crippen LogP contribution in [-0.4, -0.2) is 54.4 Å². The average molecular weight is 461 g/mol. The second-order valence-corrected chi connectivity index (χ2v) is 7.95. The lowest BCUT2D eigenvalue weighted by molar-refractivity contribution is -0.384. The molecule has 1 aliphatic heterocycles. The summed E-state index contributed by atoms with van der Waals surface area (Å²) >= 11 is 0. The van der Waals surface area contributed by atoms with E-state index in [0.29, 0.717) is 10.1 Å². The number of hydrogen-bond acceptors (Lipinski definition) is 8. The van der Waals surface area contributed by atoms with E-state index in [1.807, 2.05) is 4.98 Å². The third-order valence-electron chi connectivity index (χ3n) is 4.56. The third-order valence-corrected chi connectivity index (χ3v) is 5.04. The summed E-state index contributed by atoms with van der Waals surface area (Å²) in [7, 11) is -4.90. The van der Waals surface area contributed by atoms with Gasteiger partial charge in [0.05, 0.1) is 11.5 Å². The number of halogens is 1. The summed E-state index contributed by atoms with van der Waals surface area (Å²) in [5, 5.41) is 20.7. The zero-order chi connectivity index (χ0) is 22.9. The molecule has 0 amide bonds. The molecule has 13 nitrogen and oxygen atoms in total. The van der Waals surface area contributed by atoms with Crippen LogP contribution in [0, 0.1) is 10.1 Å². The number of alkyl halides is 1. The van der Waals surface area contributed by atoms with Gasteiger partial charge in [0.1, 0.15) is 12.2 Å². The van der Waals surface area contributed by atoms with Gasteiger partial charge in [0, 0.05) is 30.3 Å². The van der Waals surface area contributed by atoms with Crippen molar-refractivity contribution in [3.8, 4) is 0 Å². The molecule has 15 heteroatoms. The predicted octanol–water partition coefficient (Wildman–Crippen LogP) is -0.259. The lowest BCUT2D eigenvalue weighted by Crippen LogP contribution is -2.37. The van der Waals surface area contributed by atoms with Crippen molar-refractivity contribution in [2.45, 2.75) is 31.0 Å². The van der Waals surface area contributed by atoms with Crippen LogP contribution in [0.3, 0.4) is 0 Å². The highest BCUT2D eigenvalue weighted by molar-refractivity contribution is 7.46. The predicted molar refractivity (Wildman–Crippen MR) is 100 cm³/mol. The van der Waals surface area contributed by atoms with Gasteiger partial charge in [0.15, 0.2) is 12.4 Å². The fraction of sp³-hybridized carbons (Fsp3) is 0.375. The van der Waals surface area contributed by atoms with Crippen molar-refractivity contribution >= 4 is 13.5 Å². The second-order valence-electron chi connectivity index (χ2n) is 6.71. The van der Waals surface area contributed by atoms with Gasteiger partial charge in [-0.2, -0.15) is 0 Å². The number of phosphoric ester groups is 1. The Morgan fingerprint density at radius 3 is 2.52 bits per heavy atom. The first-order valence-electron chi connectivity index (χ1n) is 8.71. The Balaban J connectivity index is 1.85. The number of non-ortho nitro benzene ring substituents is 1. The van der Waals surface area contributed by atoms with Gasteiger partial charge in [-0.25, -0.2) is 13.8 Å². The van der Waals surface area contributed by atoms with Gasteiger partial charge in [-0.1, -0.05) is 12.1 Å². The van der Waals surface area contributed by atoms with Gasteiger partial charge in [-0.15, -0.1) is 0 Å². The Kier molecular flexibility index (Phi) is 6.50. The first kappa shape index (κ1) is 22.9. The molecule has 0 radical (unpaired) electrons. The molecule has 0 saturated carbocycles. The number of hydrogen-bond donors (Lipinski definition) is 4. The molecule has 31 heavy (non-hydrogen) atoms. The number of phosphoric acid groups is 1. The fourth-order valence-electron chi connectivity index (χ4n) is 3.03. The van der Waals surface area contributed by atoms with Crippen molar-refractivity contribution in [1.82, 2.24) is 9.55 Å². The summed E-state index contributed by atoms with van der Waals surface area (Å²) in [4.78, 5) is 53.9. The summed E-state index contributed by atoms with van der Waals surface area (Å²) in [5.74, 6) is 0. The number of rotatable bonds is 7. The van der Waals surface area contributed by atoms with E-state index < -0.39 is 55.2 Å². The molecule has 0 aliphatic carbocycles. The van der Waals surface area contributed by atoms with E-state index >= 15 is 0 Å². The molecule has 1 saturated heterocycles. The van der Waals surface area contributed by atoms with Crippen LogP contribution in [0.1, 0.15) is 17.4 Å². The van der Waals surface area contributed by atoms with E-state index in [-0.39, 0.29) is 17.7 Å². The number of aliphatic hydroxyl groups is 1. The fourth-order valence-corrected chi connectivity index (χ4v) is 3.37. The third kappa shape index (κ3) is 5.31. The van der Waals surface area contributed by atoms with Crippen molar-refractivity contribution in [3.63, 3.8) is 0 Å². The summed E-state index contributed by atoms with van der Waals surface area (Å²) in [6, 6.07) is 5.30. The highest BCUT2D eigenvalue weighted by atomic mass is 31.2. The number of nitrogens with one attached hydrogen (secondary N) is 1. The van der Waals surface area contributed by atoms with Gasteiger partial charge in [-0.05, 0) is 5.56 Å². The monoisotopic (exact) mass is 461 g/mol. The number of aromatic amines is 1. The van der Waals surface area contributed by atoms with Crippen molar-refractivity contribution in [1.29, 1.82) is 0 Å². The maximum absolute atomic E-state index is 14.6. The Bertz CT molecular complexity index is 1130. The number of aromatic nitrogens is 2. The minimum Gasteiger partial charge on any atom is -0.387 e. The minimum atomic E-state index is -4.90. The van der Waals surface area contributed by atoms with Crippen molar-refractivity contribution in [3.05, 3.63) is 72.5 Å². The molecule has 168 valence electrons. The molecule has 2 heterocycles. The van der Waals surface area contributed by atoms with Crippen molar-refractivity contribution < 1.29 is 38.0 Å². The molecule has 1 aromatic heterocycles. The quantitative estimate of drug-likeness (QED) is 0.242. The van der Waals surface area contributed by atoms with Gasteiger partial charge in [0.25, 0.3) is 11.2 Å². The molecule has 3 rings (SSSR count). The summed E-state index contributed by atoms with van der Waals surface area (Å²) in [6.07, 6.45) is -6.22. The number of nitro groups is 1. The SMILES string of the molecule is O=c1[nH]c(=O)n([C@@H]2O[C@H](COP(=O)(O)O)[C@@H](O)[C@@H]2F)cc1Cc1ccc([N+](=O)[O-])cc1. The Morgan fingerprint density at radius 2 is 1.94 bits per heavy atom. The number of benzene rings is 1. The lowest BCUT2D eigenvalue weighted by Gasteiger charge is -2.17. The zero-order valence-electron chi connectivity index (χ0n) is 15.5. The Labute approximate surface area is 172 Å². The summed E-state index contributed by atoms with van der Waals surface area (Å²) in [5.41, 5.74) is -1.45. The first-order valence-corrected chi connectivity index (χ1v) is 10.2. The molecule has 0 bridgehead atoms. The molecular formula is C16H17FN3O10P. The van der Waals surface area contributed by atoms with Gasteiger partial charge >= 0.3 is 13.5 Å². The highest BCUT2D eigenvalue weighted by Crippen LogP contribution is 2.38. The van der Waals surface area contributed by atoms with Crippen LogP contribution < -0.4 is 11.2 Å². The van der Waals surface area contributed by atoms with Crippen LogP contribution in [0.4, 0.5) is 10.1 Å². The molecule has 4 N–H and O–H groups in total. The number of aliphatic hydroxyl groups excluding tert-OH is 1. The molecular weight excluding hydrogens is 444 g/mol. The van der Waals surface area contributed by atoms with E-state index in [4.69, 9.17) is 14.5 Å². The van der Waals surface area contributed by atoms with E-state index in [2.05, 4.69) is 4.52 Å². The summed E-state index contributed by atoms with van der Waals surface area (Å²) in [6.45, 7) is -0.837. The Hall–Kier alpha value is -2.74. The topological polar surface area (TPSA) is 194 Å². The standard InChI is InChI=1S/C16H17FN3O10P/c17-12-13(21)11(7-29-31(26,27)28)30-15(12)19-6-9(14(22)18-16(19)23)5-8-1-3-10(4-2-8)20(24)25/h1-4,6,11-13,15,21H,5,7H2,(H,18,22,23)(H2,26,27,28)/t11-,12+,13-,15-/m1/s1. The molecule has 2 aromatic rings. The van der Waals surface area contributed by atoms with Crippen molar-refractivity contribution in [2.24, 2.45) is 0 Å². The van der Waals surface area contributed by atoms with Gasteiger partial charge in [0.2, 0.25) is 0 Å². The molecule has 0 spiro atoms. The van der Waals surface area contributed by atoms with Crippen LogP contribution in [0.25, 0.3) is 0 Å². The molecule has 1 aliphatic rings. The van der Waals surface area contributed by atoms with Crippen LogP contribution in [0.15, 0.2) is 40.1 Å². The first-order chi connectivity index (χ1) is 14.5. The molecule has 4 atom stereocenters. The van der Waals surface area contributed by atoms with E-state index in [9.17, 15) is 33.8 Å². The maximum atomic E-state index is 14.6. The van der Waals surface area contributed by atoms with Crippen LogP contribution in [-0.2, 0) is 20.2 Å². The minimum absolute atomic E-state index is 0.00802. The average Bonchev–Trinajstić information content (AvgIpc) is 2.96. The van der Waals surface area contributed by atoms with Crippen LogP contribution in [0.5, 0.6) is 0 Å². The van der Waals surface area contributed by atoms with E-state index in [1.54, 1.807) is 0 Å². The molecule has 0 unspecified atom stereocenters. The van der Waals surface area contributed by atoms with Crippen LogP contribution in [0.2, 0.25) is 0 Å². The highest BCUT2D eigenvalue weighted by Gasteiger charge is 2.46. The van der Waals surface area contributed by atoms with Crippen molar-refractivity contribution in [2.75, 3.05) is 6.61 Å². The van der Waals surface area contributed by atoms with Crippen LogP contribution >= 0.6 is 7.82 Å². The second kappa shape index (κ2) is 8.78. The number of nitro benzene ring substituents is 1. The Morgan fingerprint density at radius 1 is 1.29 bits per heavy atom. The number of ether oxygens (including phenoxy) is 1. The lowest BCUT2D eigenvalue weighted by atomic mass is 10.1. The smallest absolute Gasteiger partial charge is 0.387 e. The maximum Gasteiger partial charge on any atom is 0.469 e. The molecule has 1 fully saturated rings.